The molecular formula is C19H14F3N3O2. The lowest BCUT2D eigenvalue weighted by atomic mass is 10.1. The highest BCUT2D eigenvalue weighted by atomic mass is 19.1. The van der Waals surface area contributed by atoms with Gasteiger partial charge in [0.05, 0.1) is 0 Å². The quantitative estimate of drug-likeness (QED) is 0.693. The fourth-order valence-electron chi connectivity index (χ4n) is 3.20. The number of hydrogen-bond acceptors (Lipinski definition) is 4. The Kier molecular flexibility index (Phi) is 4.39. The lowest BCUT2D eigenvalue weighted by molar-refractivity contribution is 0.0709. The van der Waals surface area contributed by atoms with Crippen LogP contribution in [0.15, 0.2) is 47.0 Å². The van der Waals surface area contributed by atoms with E-state index < -0.39 is 23.6 Å². The Morgan fingerprint density at radius 3 is 2.44 bits per heavy atom. The molecule has 1 aliphatic rings. The Balaban J connectivity index is 1.60. The van der Waals surface area contributed by atoms with E-state index in [4.69, 9.17) is 4.52 Å². The number of hydrogen-bond donors (Lipinski definition) is 0. The minimum absolute atomic E-state index is 0.0716. The van der Waals surface area contributed by atoms with Crippen LogP contribution in [0.3, 0.4) is 0 Å². The SMILES string of the molecule is O=C(c1cc(F)cc(F)c1)N1CCCC1c1nc(-c2ccc(F)cc2)no1. The van der Waals surface area contributed by atoms with Gasteiger partial charge in [0.1, 0.15) is 23.5 Å². The third-order valence-corrected chi connectivity index (χ3v) is 4.45. The second-order valence-electron chi connectivity index (χ2n) is 6.28. The summed E-state index contributed by atoms with van der Waals surface area (Å²) in [6, 6.07) is 7.85. The van der Waals surface area contributed by atoms with Gasteiger partial charge in [0, 0.05) is 23.7 Å². The number of likely N-dealkylation sites (tertiary alicyclic amines) is 1. The molecule has 2 heterocycles. The fourth-order valence-corrected chi connectivity index (χ4v) is 3.20. The molecule has 1 unspecified atom stereocenters. The van der Waals surface area contributed by atoms with E-state index >= 15 is 0 Å². The molecule has 1 aliphatic heterocycles. The number of nitrogens with zero attached hydrogens (tertiary/aromatic N) is 3. The minimum atomic E-state index is -0.814. The topological polar surface area (TPSA) is 59.2 Å². The molecule has 138 valence electrons. The zero-order valence-electron chi connectivity index (χ0n) is 14.0. The number of carbonyl (C=O) groups excluding carboxylic acids is 1. The zero-order valence-corrected chi connectivity index (χ0v) is 14.0. The van der Waals surface area contributed by atoms with Gasteiger partial charge in [-0.1, -0.05) is 5.16 Å². The first kappa shape index (κ1) is 17.3. The molecule has 1 fully saturated rings. The number of amides is 1. The first-order valence-electron chi connectivity index (χ1n) is 8.38. The van der Waals surface area contributed by atoms with Gasteiger partial charge < -0.3 is 9.42 Å². The lowest BCUT2D eigenvalue weighted by Gasteiger charge is -2.22. The van der Waals surface area contributed by atoms with Crippen molar-refractivity contribution in [2.45, 2.75) is 18.9 Å². The van der Waals surface area contributed by atoms with E-state index in [-0.39, 0.29) is 23.1 Å². The Hall–Kier alpha value is -3.16. The summed E-state index contributed by atoms with van der Waals surface area (Å²) in [5, 5.41) is 3.89. The highest BCUT2D eigenvalue weighted by molar-refractivity contribution is 5.94. The van der Waals surface area contributed by atoms with Gasteiger partial charge in [0.15, 0.2) is 0 Å². The van der Waals surface area contributed by atoms with Crippen LogP contribution < -0.4 is 0 Å². The van der Waals surface area contributed by atoms with Crippen LogP contribution >= 0.6 is 0 Å². The summed E-state index contributed by atoms with van der Waals surface area (Å²) >= 11 is 0. The summed E-state index contributed by atoms with van der Waals surface area (Å²) < 4.78 is 45.2. The van der Waals surface area contributed by atoms with Crippen molar-refractivity contribution < 1.29 is 22.5 Å². The van der Waals surface area contributed by atoms with Crippen molar-refractivity contribution >= 4 is 5.91 Å². The lowest BCUT2D eigenvalue weighted by Crippen LogP contribution is -2.30. The van der Waals surface area contributed by atoms with E-state index in [1.54, 1.807) is 0 Å². The predicted octanol–water partition coefficient (Wildman–Crippen LogP) is 4.13. The molecule has 0 saturated carbocycles. The van der Waals surface area contributed by atoms with E-state index in [2.05, 4.69) is 10.1 Å². The number of carbonyl (C=O) groups is 1. The Labute approximate surface area is 152 Å². The second kappa shape index (κ2) is 6.86. The molecule has 27 heavy (non-hydrogen) atoms. The highest BCUT2D eigenvalue weighted by Crippen LogP contribution is 2.33. The molecule has 0 spiro atoms. The second-order valence-corrected chi connectivity index (χ2v) is 6.28. The molecule has 0 radical (unpaired) electrons. The molecule has 2 aromatic carbocycles. The standard InChI is InChI=1S/C19H14F3N3O2/c20-13-5-3-11(4-6-13)17-23-18(27-24-17)16-2-1-7-25(16)19(26)12-8-14(21)10-15(22)9-12/h3-6,8-10,16H,1-2,7H2. The predicted molar refractivity (Wildman–Crippen MR) is 89.1 cm³/mol. The molecule has 4 rings (SSSR count). The number of aromatic nitrogens is 2. The van der Waals surface area contributed by atoms with Gasteiger partial charge in [-0.3, -0.25) is 4.79 Å². The summed E-state index contributed by atoms with van der Waals surface area (Å²) in [7, 11) is 0. The summed E-state index contributed by atoms with van der Waals surface area (Å²) in [5.74, 6) is -2.00. The number of rotatable bonds is 3. The molecule has 5 nitrogen and oxygen atoms in total. The largest absolute Gasteiger partial charge is 0.337 e. The van der Waals surface area contributed by atoms with Crippen molar-refractivity contribution in [3.05, 3.63) is 71.4 Å². The average Bonchev–Trinajstić information content (AvgIpc) is 3.30. The van der Waals surface area contributed by atoms with Gasteiger partial charge in [-0.2, -0.15) is 4.98 Å². The third-order valence-electron chi connectivity index (χ3n) is 4.45. The summed E-state index contributed by atoms with van der Waals surface area (Å²) in [4.78, 5) is 18.5. The molecule has 1 amide bonds. The highest BCUT2D eigenvalue weighted by Gasteiger charge is 2.35. The van der Waals surface area contributed by atoms with Crippen LogP contribution in [-0.2, 0) is 0 Å². The number of benzene rings is 2. The maximum atomic E-state index is 13.4. The normalized spacial score (nSPS) is 16.7. The molecule has 0 aliphatic carbocycles. The van der Waals surface area contributed by atoms with Gasteiger partial charge in [-0.25, -0.2) is 13.2 Å². The third kappa shape index (κ3) is 3.42. The first-order chi connectivity index (χ1) is 13.0. The van der Waals surface area contributed by atoms with E-state index in [0.29, 0.717) is 31.0 Å². The van der Waals surface area contributed by atoms with Crippen molar-refractivity contribution in [1.82, 2.24) is 15.0 Å². The molecule has 0 N–H and O–H groups in total. The van der Waals surface area contributed by atoms with Crippen molar-refractivity contribution in [3.63, 3.8) is 0 Å². The molecular weight excluding hydrogens is 359 g/mol. The Morgan fingerprint density at radius 1 is 1.04 bits per heavy atom. The Bertz CT molecular complexity index is 968. The van der Waals surface area contributed by atoms with Crippen LogP contribution in [0.25, 0.3) is 11.4 Å². The molecule has 1 atom stereocenters. The van der Waals surface area contributed by atoms with Gasteiger partial charge >= 0.3 is 0 Å². The maximum absolute atomic E-state index is 13.4. The molecule has 1 aromatic heterocycles. The van der Waals surface area contributed by atoms with Gasteiger partial charge in [-0.15, -0.1) is 0 Å². The molecule has 1 saturated heterocycles. The Morgan fingerprint density at radius 2 is 1.74 bits per heavy atom. The van der Waals surface area contributed by atoms with Gasteiger partial charge in [0.25, 0.3) is 5.91 Å². The number of halogens is 3. The fraction of sp³-hybridized carbons (Fsp3) is 0.211. The smallest absolute Gasteiger partial charge is 0.254 e. The average molecular weight is 373 g/mol. The zero-order chi connectivity index (χ0) is 19.0. The summed E-state index contributed by atoms with van der Waals surface area (Å²) in [6.07, 6.45) is 1.29. The van der Waals surface area contributed by atoms with Gasteiger partial charge in [-0.05, 0) is 49.2 Å². The van der Waals surface area contributed by atoms with Crippen molar-refractivity contribution in [2.24, 2.45) is 0 Å². The summed E-state index contributed by atoms with van der Waals surface area (Å²) in [5.41, 5.74) is 0.507. The van der Waals surface area contributed by atoms with E-state index in [0.717, 1.165) is 12.1 Å². The van der Waals surface area contributed by atoms with Crippen molar-refractivity contribution in [1.29, 1.82) is 0 Å². The van der Waals surface area contributed by atoms with Crippen LogP contribution in [0.1, 0.15) is 35.1 Å². The molecule has 8 heteroatoms. The van der Waals surface area contributed by atoms with Crippen LogP contribution in [0.5, 0.6) is 0 Å². The van der Waals surface area contributed by atoms with Crippen molar-refractivity contribution in [3.8, 4) is 11.4 Å². The van der Waals surface area contributed by atoms with Crippen LogP contribution in [-0.4, -0.2) is 27.5 Å². The molecule has 0 bridgehead atoms. The van der Waals surface area contributed by atoms with E-state index in [9.17, 15) is 18.0 Å². The van der Waals surface area contributed by atoms with Crippen molar-refractivity contribution in [2.75, 3.05) is 6.54 Å². The van der Waals surface area contributed by atoms with Crippen LogP contribution in [0.4, 0.5) is 13.2 Å². The van der Waals surface area contributed by atoms with Crippen LogP contribution in [0.2, 0.25) is 0 Å². The van der Waals surface area contributed by atoms with Crippen LogP contribution in [0, 0.1) is 17.5 Å². The monoisotopic (exact) mass is 373 g/mol. The molecule has 3 aromatic rings. The first-order valence-corrected chi connectivity index (χ1v) is 8.38. The maximum Gasteiger partial charge on any atom is 0.254 e. The van der Waals surface area contributed by atoms with Gasteiger partial charge in [0.2, 0.25) is 11.7 Å². The summed E-state index contributed by atoms with van der Waals surface area (Å²) in [6.45, 7) is 0.413. The van der Waals surface area contributed by atoms with E-state index in [1.165, 1.54) is 29.2 Å². The minimum Gasteiger partial charge on any atom is -0.337 e. The van der Waals surface area contributed by atoms with E-state index in [1.807, 2.05) is 0 Å².